The third-order valence-electron chi connectivity index (χ3n) is 7.39. The largest absolute Gasteiger partial charge is 0.494 e. The first-order chi connectivity index (χ1) is 21.7. The molecule has 2 N–H and O–H groups in total. The number of esters is 1. The maximum absolute atomic E-state index is 12.8. The van der Waals surface area contributed by atoms with E-state index in [-0.39, 0.29) is 17.6 Å². The first-order valence-corrected chi connectivity index (χ1v) is 15.0. The van der Waals surface area contributed by atoms with Gasteiger partial charge in [-0.1, -0.05) is 0 Å². The third-order valence-corrected chi connectivity index (χ3v) is 7.39. The van der Waals surface area contributed by atoms with Gasteiger partial charge in [-0.25, -0.2) is 0 Å². The van der Waals surface area contributed by atoms with Crippen LogP contribution in [0.2, 0.25) is 0 Å². The SMILES string of the molecule is COc1cc(OC(C)=O)cc(OC)c1NC(=O)CCCN1CCCN(CCCC(=O)Nc2cc(OC)c(OC)c(OC)c2)CC1. The molecule has 2 amide bonds. The van der Waals surface area contributed by atoms with Gasteiger partial charge in [0.1, 0.15) is 22.9 Å². The summed E-state index contributed by atoms with van der Waals surface area (Å²) in [4.78, 5) is 41.5. The molecule has 13 heteroatoms. The lowest BCUT2D eigenvalue weighted by atomic mass is 10.2. The quantitative estimate of drug-likeness (QED) is 0.207. The molecular weight excluding hydrogens is 584 g/mol. The first kappa shape index (κ1) is 35.3. The van der Waals surface area contributed by atoms with E-state index < -0.39 is 5.97 Å². The summed E-state index contributed by atoms with van der Waals surface area (Å²) in [5.41, 5.74) is 0.979. The van der Waals surface area contributed by atoms with E-state index in [0.717, 1.165) is 52.1 Å². The molecule has 248 valence electrons. The van der Waals surface area contributed by atoms with E-state index in [1.54, 1.807) is 12.1 Å². The van der Waals surface area contributed by atoms with E-state index in [1.165, 1.54) is 54.6 Å². The number of carbonyl (C=O) groups is 3. The number of hydrogen-bond donors (Lipinski definition) is 2. The number of methoxy groups -OCH3 is 5. The van der Waals surface area contributed by atoms with Crippen molar-refractivity contribution >= 4 is 29.2 Å². The molecule has 0 unspecified atom stereocenters. The van der Waals surface area contributed by atoms with Crippen molar-refractivity contribution in [3.8, 4) is 34.5 Å². The Bertz CT molecular complexity index is 1250. The topological polar surface area (TPSA) is 137 Å². The number of rotatable bonds is 16. The summed E-state index contributed by atoms with van der Waals surface area (Å²) in [5.74, 6) is 1.68. The van der Waals surface area contributed by atoms with Crippen molar-refractivity contribution < 1.29 is 42.8 Å². The van der Waals surface area contributed by atoms with Crippen LogP contribution in [-0.4, -0.2) is 102 Å². The van der Waals surface area contributed by atoms with Crippen molar-refractivity contribution in [3.63, 3.8) is 0 Å². The van der Waals surface area contributed by atoms with Crippen molar-refractivity contribution in [1.82, 2.24) is 9.80 Å². The summed E-state index contributed by atoms with van der Waals surface area (Å²) in [5, 5.41) is 5.80. The average molecular weight is 631 g/mol. The van der Waals surface area contributed by atoms with Crippen LogP contribution >= 0.6 is 0 Å². The zero-order valence-electron chi connectivity index (χ0n) is 27.2. The summed E-state index contributed by atoms with van der Waals surface area (Å²) in [6, 6.07) is 6.49. The number of hydrogen-bond acceptors (Lipinski definition) is 11. The molecule has 0 bridgehead atoms. The molecule has 1 aliphatic rings. The molecule has 1 fully saturated rings. The lowest BCUT2D eigenvalue weighted by Crippen LogP contribution is -2.32. The Labute approximate surface area is 265 Å². The highest BCUT2D eigenvalue weighted by molar-refractivity contribution is 5.94. The van der Waals surface area contributed by atoms with Gasteiger partial charge in [0.2, 0.25) is 17.6 Å². The normalized spacial score (nSPS) is 13.7. The van der Waals surface area contributed by atoms with Gasteiger partial charge in [0.05, 0.1) is 35.5 Å². The maximum Gasteiger partial charge on any atom is 0.308 e. The molecule has 0 spiro atoms. The lowest BCUT2D eigenvalue weighted by Gasteiger charge is -2.22. The van der Waals surface area contributed by atoms with E-state index >= 15 is 0 Å². The second-order valence-electron chi connectivity index (χ2n) is 10.6. The molecule has 2 aromatic carbocycles. The highest BCUT2D eigenvalue weighted by Gasteiger charge is 2.19. The van der Waals surface area contributed by atoms with Crippen LogP contribution in [0.3, 0.4) is 0 Å². The number of ether oxygens (including phenoxy) is 6. The van der Waals surface area contributed by atoms with E-state index in [4.69, 9.17) is 28.4 Å². The zero-order valence-corrected chi connectivity index (χ0v) is 27.2. The molecule has 0 aromatic heterocycles. The number of benzene rings is 2. The molecule has 1 aliphatic heterocycles. The van der Waals surface area contributed by atoms with Gasteiger partial charge in [-0.3, -0.25) is 14.4 Å². The number of anilines is 2. The highest BCUT2D eigenvalue weighted by atomic mass is 16.5. The van der Waals surface area contributed by atoms with E-state index in [9.17, 15) is 14.4 Å². The van der Waals surface area contributed by atoms with Crippen LogP contribution in [0.25, 0.3) is 0 Å². The monoisotopic (exact) mass is 630 g/mol. The summed E-state index contributed by atoms with van der Waals surface area (Å²) in [6.45, 7) is 6.67. The van der Waals surface area contributed by atoms with Crippen molar-refractivity contribution in [1.29, 1.82) is 0 Å². The average Bonchev–Trinajstić information content (AvgIpc) is 3.25. The molecular formula is C32H46N4O9. The zero-order chi connectivity index (χ0) is 32.8. The van der Waals surface area contributed by atoms with Crippen LogP contribution in [0.4, 0.5) is 11.4 Å². The molecule has 1 heterocycles. The second kappa shape index (κ2) is 17.9. The van der Waals surface area contributed by atoms with E-state index in [0.29, 0.717) is 59.4 Å². The van der Waals surface area contributed by atoms with Crippen molar-refractivity contribution in [2.24, 2.45) is 0 Å². The molecule has 1 saturated heterocycles. The maximum atomic E-state index is 12.8. The van der Waals surface area contributed by atoms with Gasteiger partial charge >= 0.3 is 5.97 Å². The minimum atomic E-state index is -0.468. The molecule has 0 atom stereocenters. The number of carbonyl (C=O) groups excluding carboxylic acids is 3. The van der Waals surface area contributed by atoms with Crippen LogP contribution in [0.15, 0.2) is 24.3 Å². The van der Waals surface area contributed by atoms with Crippen molar-refractivity contribution in [3.05, 3.63) is 24.3 Å². The summed E-state index contributed by atoms with van der Waals surface area (Å²) < 4.78 is 32.0. The number of nitrogens with one attached hydrogen (secondary N) is 2. The molecule has 0 saturated carbocycles. The van der Waals surface area contributed by atoms with Gasteiger partial charge < -0.3 is 48.9 Å². The summed E-state index contributed by atoms with van der Waals surface area (Å²) >= 11 is 0. The fourth-order valence-corrected chi connectivity index (χ4v) is 5.21. The van der Waals surface area contributed by atoms with Crippen molar-refractivity contribution in [2.75, 3.05) is 85.5 Å². The predicted molar refractivity (Wildman–Crippen MR) is 170 cm³/mol. The molecule has 45 heavy (non-hydrogen) atoms. The number of amides is 2. The third kappa shape index (κ3) is 10.7. The standard InChI is InChI=1S/C32H46N4O9/c1-22(37)45-24-20-25(40-2)31(26(21-24)41-3)34-30(39)11-8-13-36-15-9-14-35(16-17-36)12-7-10-29(38)33-23-18-27(42-4)32(44-6)28(19-23)43-5/h18-21H,7-17H2,1-6H3,(H,33,38)(H,34,39). The Hall–Kier alpha value is -4.23. The Kier molecular flexibility index (Phi) is 14.0. The Balaban J connectivity index is 1.40. The van der Waals surface area contributed by atoms with Gasteiger partial charge in [-0.05, 0) is 45.4 Å². The van der Waals surface area contributed by atoms with E-state index in [2.05, 4.69) is 20.4 Å². The van der Waals surface area contributed by atoms with Crippen LogP contribution < -0.4 is 39.1 Å². The highest BCUT2D eigenvalue weighted by Crippen LogP contribution is 2.40. The molecule has 3 rings (SSSR count). The van der Waals surface area contributed by atoms with Gasteiger partial charge in [0, 0.05) is 62.8 Å². The minimum absolute atomic E-state index is 0.0745. The van der Waals surface area contributed by atoms with Crippen LogP contribution in [0.1, 0.15) is 39.0 Å². The minimum Gasteiger partial charge on any atom is -0.494 e. The Morgan fingerprint density at radius 2 is 1.16 bits per heavy atom. The fraction of sp³-hybridized carbons (Fsp3) is 0.531. The van der Waals surface area contributed by atoms with Gasteiger partial charge in [-0.15, -0.1) is 0 Å². The van der Waals surface area contributed by atoms with Crippen molar-refractivity contribution in [2.45, 2.75) is 39.0 Å². The second-order valence-corrected chi connectivity index (χ2v) is 10.6. The molecule has 13 nitrogen and oxygen atoms in total. The van der Waals surface area contributed by atoms with Gasteiger partial charge in [-0.2, -0.15) is 0 Å². The first-order valence-electron chi connectivity index (χ1n) is 15.0. The Morgan fingerprint density at radius 3 is 1.60 bits per heavy atom. The van der Waals surface area contributed by atoms with Crippen LogP contribution in [-0.2, 0) is 14.4 Å². The predicted octanol–water partition coefficient (Wildman–Crippen LogP) is 3.80. The summed E-state index contributed by atoms with van der Waals surface area (Å²) in [6.07, 6.45) is 3.19. The van der Waals surface area contributed by atoms with Crippen LogP contribution in [0.5, 0.6) is 34.5 Å². The van der Waals surface area contributed by atoms with Crippen LogP contribution in [0, 0.1) is 0 Å². The fourth-order valence-electron chi connectivity index (χ4n) is 5.21. The molecule has 2 aromatic rings. The molecule has 0 aliphatic carbocycles. The molecule has 0 radical (unpaired) electrons. The van der Waals surface area contributed by atoms with Gasteiger partial charge in [0.25, 0.3) is 0 Å². The number of nitrogens with zero attached hydrogens (tertiary/aromatic N) is 2. The smallest absolute Gasteiger partial charge is 0.308 e. The van der Waals surface area contributed by atoms with Gasteiger partial charge in [0.15, 0.2) is 11.5 Å². The Morgan fingerprint density at radius 1 is 0.667 bits per heavy atom. The lowest BCUT2D eigenvalue weighted by molar-refractivity contribution is -0.132. The van der Waals surface area contributed by atoms with E-state index in [1.807, 2.05) is 0 Å². The summed E-state index contributed by atoms with van der Waals surface area (Å²) in [7, 11) is 7.55.